The van der Waals surface area contributed by atoms with E-state index in [1.165, 1.54) is 77.0 Å². The van der Waals surface area contributed by atoms with Gasteiger partial charge in [-0.1, -0.05) is 53.4 Å². The Hall–Kier alpha value is -4.20. The third kappa shape index (κ3) is 12.6. The normalized spacial score (nSPS) is 11.8. The van der Waals surface area contributed by atoms with E-state index >= 15 is 0 Å². The molecule has 6 aromatic rings. The first-order valence-corrected chi connectivity index (χ1v) is 27.2. The van der Waals surface area contributed by atoms with E-state index in [1.54, 1.807) is 12.1 Å². The van der Waals surface area contributed by atoms with Gasteiger partial charge in [-0.3, -0.25) is 0 Å². The Morgan fingerprint density at radius 3 is 0.923 bits per heavy atom. The third-order valence-electron chi connectivity index (χ3n) is 13.1. The Kier molecular flexibility index (Phi) is 20.3. The Morgan fingerprint density at radius 1 is 0.338 bits per heavy atom. The number of ether oxygens (including phenoxy) is 4. The van der Waals surface area contributed by atoms with Gasteiger partial charge in [0.2, 0.25) is 0 Å². The minimum atomic E-state index is -0.457. The molecular weight excluding hydrogens is 880 g/mol. The van der Waals surface area contributed by atoms with Crippen LogP contribution in [0.1, 0.15) is 223 Å². The van der Waals surface area contributed by atoms with Gasteiger partial charge >= 0.3 is 342 Å². The third-order valence-corrected chi connectivity index (χ3v) is 15.3. The van der Waals surface area contributed by atoms with Crippen LogP contribution in [0.15, 0.2) is 36.4 Å². The first-order valence-electron chi connectivity index (χ1n) is 25.5. The fourth-order valence-corrected chi connectivity index (χ4v) is 12.0. The topological polar surface area (TPSA) is 105 Å². The van der Waals surface area contributed by atoms with Crippen molar-refractivity contribution in [3.63, 3.8) is 0 Å². The quantitative estimate of drug-likeness (QED) is 0.0103. The summed E-state index contributed by atoms with van der Waals surface area (Å²) < 4.78 is 25.9. The molecule has 8 nitrogen and oxygen atoms in total. The molecule has 0 N–H and O–H groups in total. The molecule has 6 rings (SSSR count). The van der Waals surface area contributed by atoms with Crippen LogP contribution in [0.2, 0.25) is 0 Å². The molecule has 0 radical (unpaired) electrons. The average Bonchev–Trinajstić information content (AvgIpc) is 3.70. The van der Waals surface area contributed by atoms with E-state index in [0.717, 1.165) is 118 Å². The van der Waals surface area contributed by atoms with Crippen molar-refractivity contribution in [2.45, 2.75) is 182 Å². The predicted molar refractivity (Wildman–Crippen MR) is 268 cm³/mol. The molecule has 0 aliphatic rings. The summed E-state index contributed by atoms with van der Waals surface area (Å²) in [6, 6.07) is 11.3. The molecule has 0 saturated carbocycles. The zero-order chi connectivity index (χ0) is 46.0. The number of benzene rings is 5. The molecule has 9 heteroatoms. The van der Waals surface area contributed by atoms with Gasteiger partial charge in [-0.05, 0) is 0 Å². The molecule has 0 bridgehead atoms. The zero-order valence-electron chi connectivity index (χ0n) is 39.9. The van der Waals surface area contributed by atoms with Gasteiger partial charge in [-0.15, -0.1) is 0 Å². The van der Waals surface area contributed by atoms with E-state index in [1.807, 2.05) is 24.3 Å². The van der Waals surface area contributed by atoms with Crippen LogP contribution in [-0.4, -0.2) is 64.8 Å². The molecule has 0 aliphatic heterocycles. The van der Waals surface area contributed by atoms with Gasteiger partial charge in [0.15, 0.2) is 0 Å². The molecule has 0 unspecified atom stereocenters. The van der Waals surface area contributed by atoms with E-state index < -0.39 is 23.9 Å². The van der Waals surface area contributed by atoms with Crippen molar-refractivity contribution < 1.29 is 38.1 Å². The molecule has 0 atom stereocenters. The van der Waals surface area contributed by atoms with Crippen molar-refractivity contribution in [2.75, 3.05) is 26.4 Å². The summed E-state index contributed by atoms with van der Waals surface area (Å²) in [5.41, 5.74) is 1.41. The molecule has 0 aliphatic carbocycles. The zero-order valence-corrected chi connectivity index (χ0v) is 41.7. The SMILES string of the molecule is CCCCCCCCOC(=O)c1ccc2c3ccc(C(=O)OCCCCCCCC)c4c(C(=O)OCCCCCCCC)cc5[se]c6cc(C(=O)OCCCCCCCC)c1c2c6c5c43. The molecule has 65 heavy (non-hydrogen) atoms. The van der Waals surface area contributed by atoms with Crippen molar-refractivity contribution in [1.29, 1.82) is 0 Å². The molecule has 352 valence electrons. The summed E-state index contributed by atoms with van der Waals surface area (Å²) in [5.74, 6) is -1.81. The molecule has 5 aromatic carbocycles. The molecule has 0 amide bonds. The van der Waals surface area contributed by atoms with Crippen LogP contribution >= 0.6 is 0 Å². The standard InChI is InChI=1S/C56H74O8Se/c1-5-9-13-17-21-25-33-61-53(57)41-31-29-39-40-30-32-42(54(58)62-34-26-22-18-14-10-6-2)48-44(56(60)64-36-28-24-20-16-12-8-4)38-46-52(50(40)48)51-45(65-46)37-43(47(41)49(39)51)55(59)63-35-27-23-19-15-11-7-3/h29-32,37-38H,5-28,33-36H2,1-4H3. The van der Waals surface area contributed by atoms with Crippen LogP contribution < -0.4 is 0 Å². The predicted octanol–water partition coefficient (Wildman–Crippen LogP) is 15.5. The first kappa shape index (κ1) is 50.2. The Labute approximate surface area is 393 Å². The van der Waals surface area contributed by atoms with Crippen molar-refractivity contribution in [2.24, 2.45) is 0 Å². The fraction of sp³-hybridized carbons (Fsp3) is 0.571. The van der Waals surface area contributed by atoms with E-state index in [-0.39, 0.29) is 14.5 Å². The van der Waals surface area contributed by atoms with Gasteiger partial charge < -0.3 is 0 Å². The minimum absolute atomic E-state index is 0.303. The number of hydrogen-bond acceptors (Lipinski definition) is 8. The van der Waals surface area contributed by atoms with E-state index in [9.17, 15) is 19.2 Å². The maximum atomic E-state index is 14.3. The summed E-state index contributed by atoms with van der Waals surface area (Å²) in [5, 5.41) is 6.27. The van der Waals surface area contributed by atoms with Gasteiger partial charge in [0.25, 0.3) is 0 Å². The number of carbonyl (C=O) groups excluding carboxylic acids is 4. The van der Waals surface area contributed by atoms with Crippen LogP contribution in [0.3, 0.4) is 0 Å². The second-order valence-electron chi connectivity index (χ2n) is 18.1. The fourth-order valence-electron chi connectivity index (χ4n) is 9.47. The summed E-state index contributed by atoms with van der Waals surface area (Å²) in [6.07, 6.45) is 25.7. The Morgan fingerprint density at radius 2 is 0.615 bits per heavy atom. The van der Waals surface area contributed by atoms with Gasteiger partial charge in [-0.2, -0.15) is 0 Å². The second-order valence-corrected chi connectivity index (χ2v) is 20.4. The van der Waals surface area contributed by atoms with Crippen molar-refractivity contribution in [3.8, 4) is 0 Å². The van der Waals surface area contributed by atoms with Crippen LogP contribution in [0.4, 0.5) is 0 Å². The molecule has 0 spiro atoms. The van der Waals surface area contributed by atoms with E-state index in [4.69, 9.17) is 18.9 Å². The number of esters is 4. The Bertz CT molecular complexity index is 2280. The van der Waals surface area contributed by atoms with Crippen molar-refractivity contribution >= 4 is 90.0 Å². The summed E-state index contributed by atoms with van der Waals surface area (Å²) in [4.78, 5) is 56.9. The van der Waals surface area contributed by atoms with Crippen LogP contribution in [0, 0.1) is 0 Å². The average molecular weight is 954 g/mol. The van der Waals surface area contributed by atoms with Crippen LogP contribution in [0.25, 0.3) is 51.6 Å². The second kappa shape index (κ2) is 26.2. The summed E-state index contributed by atoms with van der Waals surface area (Å²) >= 11 is -0.308. The maximum absolute atomic E-state index is 14.3. The van der Waals surface area contributed by atoms with Gasteiger partial charge in [-0.25, -0.2) is 0 Å². The van der Waals surface area contributed by atoms with Crippen molar-refractivity contribution in [1.82, 2.24) is 0 Å². The Balaban J connectivity index is 1.44. The first-order chi connectivity index (χ1) is 31.9. The molecule has 1 aromatic heterocycles. The molecule has 0 fully saturated rings. The molecule has 1 heterocycles. The summed E-state index contributed by atoms with van der Waals surface area (Å²) in [6.45, 7) is 10.0. The number of rotatable bonds is 32. The number of hydrogen-bond donors (Lipinski definition) is 0. The van der Waals surface area contributed by atoms with Crippen LogP contribution in [0.5, 0.6) is 0 Å². The number of carbonyl (C=O) groups is 4. The van der Waals surface area contributed by atoms with E-state index in [0.29, 0.717) is 59.5 Å². The number of unbranched alkanes of at least 4 members (excludes halogenated alkanes) is 20. The number of fused-ring (bicyclic) bond motifs is 1. The van der Waals surface area contributed by atoms with E-state index in [2.05, 4.69) is 27.7 Å². The summed E-state index contributed by atoms with van der Waals surface area (Å²) in [7, 11) is 0. The van der Waals surface area contributed by atoms with Crippen LogP contribution in [-0.2, 0) is 18.9 Å². The van der Waals surface area contributed by atoms with Gasteiger partial charge in [0, 0.05) is 0 Å². The van der Waals surface area contributed by atoms with Gasteiger partial charge in [0.1, 0.15) is 0 Å². The molecule has 0 saturated heterocycles. The van der Waals surface area contributed by atoms with Crippen molar-refractivity contribution in [3.05, 3.63) is 58.7 Å². The van der Waals surface area contributed by atoms with Gasteiger partial charge in [0.05, 0.1) is 0 Å². The monoisotopic (exact) mass is 954 g/mol. The molecular formula is C56H74O8Se.